The summed E-state index contributed by atoms with van der Waals surface area (Å²) in [6.07, 6.45) is 56.7. The Morgan fingerprint density at radius 3 is 0.742 bits per heavy atom. The lowest BCUT2D eigenvalue weighted by Crippen LogP contribution is -2.30. The number of carbonyl (C=O) groups excluding carboxylic acids is 3. The predicted octanol–water partition coefficient (Wildman–Crippen LogP) is 19.7. The van der Waals surface area contributed by atoms with Crippen LogP contribution >= 0.6 is 0 Å². The van der Waals surface area contributed by atoms with Crippen molar-refractivity contribution in [2.75, 3.05) is 13.2 Å². The van der Waals surface area contributed by atoms with Crippen molar-refractivity contribution in [1.29, 1.82) is 0 Å². The molecule has 6 nitrogen and oxygen atoms in total. The molecule has 6 heteroatoms. The maximum atomic E-state index is 12.8. The first-order valence-corrected chi connectivity index (χ1v) is 29.7. The second kappa shape index (κ2) is 52.8. The molecule has 0 saturated carbocycles. The van der Waals surface area contributed by atoms with Gasteiger partial charge in [0.05, 0.1) is 0 Å². The Morgan fingerprint density at radius 1 is 0.288 bits per heavy atom. The molecule has 0 radical (unpaired) electrons. The fraction of sp³-hybridized carbons (Fsp3) is 0.950. The number of esters is 3. The van der Waals surface area contributed by atoms with Gasteiger partial charge in [0, 0.05) is 19.3 Å². The van der Waals surface area contributed by atoms with Gasteiger partial charge >= 0.3 is 17.9 Å². The maximum absolute atomic E-state index is 12.8. The molecule has 0 aliphatic heterocycles. The number of rotatable bonds is 54. The minimum absolute atomic E-state index is 0.0625. The van der Waals surface area contributed by atoms with Crippen molar-refractivity contribution < 1.29 is 28.6 Å². The molecule has 392 valence electrons. The topological polar surface area (TPSA) is 78.9 Å². The van der Waals surface area contributed by atoms with E-state index in [-0.39, 0.29) is 31.1 Å². The Labute approximate surface area is 412 Å². The highest BCUT2D eigenvalue weighted by atomic mass is 16.6. The van der Waals surface area contributed by atoms with E-state index in [0.29, 0.717) is 19.3 Å². The number of hydrogen-bond donors (Lipinski definition) is 0. The van der Waals surface area contributed by atoms with Gasteiger partial charge in [-0.1, -0.05) is 298 Å². The van der Waals surface area contributed by atoms with Crippen molar-refractivity contribution in [3.05, 3.63) is 0 Å². The highest BCUT2D eigenvalue weighted by Gasteiger charge is 2.19. The minimum Gasteiger partial charge on any atom is -0.462 e. The highest BCUT2D eigenvalue weighted by Crippen LogP contribution is 2.18. The van der Waals surface area contributed by atoms with Crippen LogP contribution in [0.15, 0.2) is 0 Å². The van der Waals surface area contributed by atoms with E-state index in [2.05, 4.69) is 34.6 Å². The Bertz CT molecular complexity index is 1010. The molecule has 0 fully saturated rings. The normalized spacial score (nSPS) is 12.0. The van der Waals surface area contributed by atoms with Gasteiger partial charge in [-0.2, -0.15) is 0 Å². The summed E-state index contributed by atoms with van der Waals surface area (Å²) in [4.78, 5) is 38.2. The van der Waals surface area contributed by atoms with E-state index in [0.717, 1.165) is 69.6 Å². The van der Waals surface area contributed by atoms with Crippen LogP contribution in [0.1, 0.15) is 336 Å². The maximum Gasteiger partial charge on any atom is 0.306 e. The summed E-state index contributed by atoms with van der Waals surface area (Å²) < 4.78 is 16.9. The molecular formula is C60H116O6. The first-order valence-electron chi connectivity index (χ1n) is 29.7. The summed E-state index contributed by atoms with van der Waals surface area (Å²) >= 11 is 0. The third-order valence-corrected chi connectivity index (χ3v) is 13.7. The molecule has 0 spiro atoms. The van der Waals surface area contributed by atoms with Gasteiger partial charge in [-0.05, 0) is 31.1 Å². The zero-order chi connectivity index (χ0) is 48.2. The van der Waals surface area contributed by atoms with Crippen molar-refractivity contribution in [2.24, 2.45) is 11.8 Å². The fourth-order valence-corrected chi connectivity index (χ4v) is 9.23. The molecule has 0 aromatic carbocycles. The van der Waals surface area contributed by atoms with Gasteiger partial charge in [-0.3, -0.25) is 14.4 Å². The van der Waals surface area contributed by atoms with E-state index in [4.69, 9.17) is 14.2 Å². The first-order chi connectivity index (χ1) is 32.2. The number of carbonyl (C=O) groups is 3. The summed E-state index contributed by atoms with van der Waals surface area (Å²) in [6.45, 7) is 11.4. The van der Waals surface area contributed by atoms with E-state index in [1.807, 2.05) is 0 Å². The molecule has 0 aromatic heterocycles. The van der Waals surface area contributed by atoms with Gasteiger partial charge in [0.1, 0.15) is 13.2 Å². The van der Waals surface area contributed by atoms with Crippen molar-refractivity contribution in [2.45, 2.75) is 343 Å². The van der Waals surface area contributed by atoms with Crippen LogP contribution in [-0.2, 0) is 28.6 Å². The van der Waals surface area contributed by atoms with Crippen LogP contribution in [0.25, 0.3) is 0 Å². The van der Waals surface area contributed by atoms with Crippen LogP contribution in [-0.4, -0.2) is 37.2 Å². The summed E-state index contributed by atoms with van der Waals surface area (Å²) in [6, 6.07) is 0. The largest absolute Gasteiger partial charge is 0.462 e. The molecule has 0 heterocycles. The summed E-state index contributed by atoms with van der Waals surface area (Å²) in [7, 11) is 0. The number of hydrogen-bond acceptors (Lipinski definition) is 6. The molecule has 1 atom stereocenters. The summed E-state index contributed by atoms with van der Waals surface area (Å²) in [5.74, 6) is 0.841. The molecule has 0 aromatic rings. The summed E-state index contributed by atoms with van der Waals surface area (Å²) in [5, 5.41) is 0. The fourth-order valence-electron chi connectivity index (χ4n) is 9.23. The third kappa shape index (κ3) is 53.4. The quantitative estimate of drug-likeness (QED) is 0.0343. The molecule has 0 unspecified atom stereocenters. The second-order valence-electron chi connectivity index (χ2n) is 21.6. The SMILES string of the molecule is CCCCCCCCCCCCCCCCCC(=O)OC[C@H](COC(=O)CCCCCCCCCCCCCCCCCCC(C)C)OC(=O)CCCCCCCCCCCCCC(C)C. The lowest BCUT2D eigenvalue weighted by atomic mass is 10.0. The Balaban J connectivity index is 4.27. The second-order valence-corrected chi connectivity index (χ2v) is 21.6. The smallest absolute Gasteiger partial charge is 0.306 e. The number of unbranched alkanes of at least 4 members (excludes halogenated alkanes) is 39. The molecule has 0 saturated heterocycles. The van der Waals surface area contributed by atoms with Crippen LogP contribution in [0.3, 0.4) is 0 Å². The van der Waals surface area contributed by atoms with Gasteiger partial charge in [0.25, 0.3) is 0 Å². The van der Waals surface area contributed by atoms with E-state index >= 15 is 0 Å². The zero-order valence-electron chi connectivity index (χ0n) is 45.3. The molecule has 0 aliphatic rings. The monoisotopic (exact) mass is 933 g/mol. The van der Waals surface area contributed by atoms with Gasteiger partial charge in [-0.15, -0.1) is 0 Å². The predicted molar refractivity (Wildman–Crippen MR) is 284 cm³/mol. The van der Waals surface area contributed by atoms with Crippen molar-refractivity contribution in [3.8, 4) is 0 Å². The van der Waals surface area contributed by atoms with Crippen LogP contribution in [0.5, 0.6) is 0 Å². The van der Waals surface area contributed by atoms with Crippen LogP contribution < -0.4 is 0 Å². The Morgan fingerprint density at radius 2 is 0.500 bits per heavy atom. The van der Waals surface area contributed by atoms with Crippen LogP contribution in [0.4, 0.5) is 0 Å². The average molecular weight is 934 g/mol. The van der Waals surface area contributed by atoms with E-state index in [9.17, 15) is 14.4 Å². The molecule has 0 aliphatic carbocycles. The molecule has 0 N–H and O–H groups in total. The minimum atomic E-state index is -0.763. The molecule has 0 rings (SSSR count). The lowest BCUT2D eigenvalue weighted by molar-refractivity contribution is -0.167. The highest BCUT2D eigenvalue weighted by molar-refractivity contribution is 5.71. The van der Waals surface area contributed by atoms with E-state index < -0.39 is 6.10 Å². The summed E-state index contributed by atoms with van der Waals surface area (Å²) in [5.41, 5.74) is 0. The molecule has 66 heavy (non-hydrogen) atoms. The van der Waals surface area contributed by atoms with Crippen molar-refractivity contribution >= 4 is 17.9 Å². The average Bonchev–Trinajstić information content (AvgIpc) is 3.29. The van der Waals surface area contributed by atoms with Crippen molar-refractivity contribution in [1.82, 2.24) is 0 Å². The van der Waals surface area contributed by atoms with Crippen molar-refractivity contribution in [3.63, 3.8) is 0 Å². The van der Waals surface area contributed by atoms with Gasteiger partial charge in [0.15, 0.2) is 6.10 Å². The van der Waals surface area contributed by atoms with Gasteiger partial charge in [-0.25, -0.2) is 0 Å². The van der Waals surface area contributed by atoms with E-state index in [1.165, 1.54) is 225 Å². The van der Waals surface area contributed by atoms with Gasteiger partial charge in [0.2, 0.25) is 0 Å². The number of ether oxygens (including phenoxy) is 3. The molecule has 0 amide bonds. The van der Waals surface area contributed by atoms with Crippen LogP contribution in [0, 0.1) is 11.8 Å². The molecule has 0 bridgehead atoms. The zero-order valence-corrected chi connectivity index (χ0v) is 45.3. The van der Waals surface area contributed by atoms with E-state index in [1.54, 1.807) is 0 Å². The van der Waals surface area contributed by atoms with Crippen LogP contribution in [0.2, 0.25) is 0 Å². The Hall–Kier alpha value is -1.59. The standard InChI is InChI=1S/C60H116O6/c1-6-7-8-9-10-11-12-13-16-20-25-30-35-40-45-50-58(61)64-53-57(66-60(63)52-47-42-37-32-27-22-24-29-34-39-44-49-56(4)5)54-65-59(62)51-46-41-36-31-26-21-18-15-14-17-19-23-28-33-38-43-48-55(2)3/h55-57H,6-54H2,1-5H3/t57-/m1/s1. The Kier molecular flexibility index (Phi) is 51.5. The third-order valence-electron chi connectivity index (χ3n) is 13.7. The van der Waals surface area contributed by atoms with Gasteiger partial charge < -0.3 is 14.2 Å². The lowest BCUT2D eigenvalue weighted by Gasteiger charge is -2.18. The molecular weight excluding hydrogens is 817 g/mol. The first kappa shape index (κ1) is 64.4.